The van der Waals surface area contributed by atoms with Crippen LogP contribution in [0.15, 0.2) is 18.2 Å². The van der Waals surface area contributed by atoms with Crippen molar-refractivity contribution in [2.45, 2.75) is 52.1 Å². The van der Waals surface area contributed by atoms with Crippen molar-refractivity contribution in [2.75, 3.05) is 6.61 Å². The average molecular weight is 282 g/mol. The Bertz CT molecular complexity index is 400. The monoisotopic (exact) mass is 281 g/mol. The van der Waals surface area contributed by atoms with Crippen LogP contribution >= 0.6 is 11.6 Å². The Morgan fingerprint density at radius 1 is 1.32 bits per heavy atom. The van der Waals surface area contributed by atoms with Gasteiger partial charge in [-0.25, -0.2) is 0 Å². The molecule has 2 nitrogen and oxygen atoms in total. The zero-order valence-corrected chi connectivity index (χ0v) is 12.7. The average Bonchev–Trinajstić information content (AvgIpc) is 3.23. The van der Waals surface area contributed by atoms with Crippen LogP contribution in [0.2, 0.25) is 5.02 Å². The normalized spacial score (nSPS) is 14.9. The molecule has 1 aromatic rings. The molecule has 0 unspecified atom stereocenters. The summed E-state index contributed by atoms with van der Waals surface area (Å²) >= 11 is 6.28. The van der Waals surface area contributed by atoms with E-state index in [0.29, 0.717) is 5.92 Å². The summed E-state index contributed by atoms with van der Waals surface area (Å²) in [5.41, 5.74) is 1.23. The Kier molecular flexibility index (Phi) is 5.53. The lowest BCUT2D eigenvalue weighted by atomic mass is 10.1. The van der Waals surface area contributed by atoms with Crippen LogP contribution in [-0.4, -0.2) is 12.6 Å². The third kappa shape index (κ3) is 4.70. The number of rotatable bonds is 8. The van der Waals surface area contributed by atoms with Gasteiger partial charge >= 0.3 is 0 Å². The number of halogens is 1. The highest BCUT2D eigenvalue weighted by atomic mass is 35.5. The lowest BCUT2D eigenvalue weighted by molar-refractivity contribution is 0.240. The van der Waals surface area contributed by atoms with Crippen molar-refractivity contribution >= 4 is 11.6 Å². The molecule has 0 spiro atoms. The van der Waals surface area contributed by atoms with Crippen LogP contribution in [0, 0.1) is 5.92 Å². The fraction of sp³-hybridized carbons (Fsp3) is 0.625. The van der Waals surface area contributed by atoms with Gasteiger partial charge in [0.05, 0.1) is 11.6 Å². The molecule has 19 heavy (non-hydrogen) atoms. The maximum absolute atomic E-state index is 6.28. The van der Waals surface area contributed by atoms with Crippen molar-refractivity contribution in [3.63, 3.8) is 0 Å². The number of ether oxygens (including phenoxy) is 1. The molecule has 0 aromatic heterocycles. The van der Waals surface area contributed by atoms with Crippen LogP contribution in [0.1, 0.15) is 45.1 Å². The van der Waals surface area contributed by atoms with Crippen LogP contribution in [0.5, 0.6) is 5.75 Å². The molecule has 1 aliphatic rings. The molecule has 0 radical (unpaired) electrons. The zero-order chi connectivity index (χ0) is 13.7. The zero-order valence-electron chi connectivity index (χ0n) is 11.9. The molecule has 1 N–H and O–H groups in total. The smallest absolute Gasteiger partial charge is 0.137 e. The van der Waals surface area contributed by atoms with Crippen LogP contribution in [0.4, 0.5) is 0 Å². The summed E-state index contributed by atoms with van der Waals surface area (Å²) < 4.78 is 5.82. The first-order valence-corrected chi connectivity index (χ1v) is 7.75. The number of hydrogen-bond acceptors (Lipinski definition) is 2. The van der Waals surface area contributed by atoms with Gasteiger partial charge < -0.3 is 10.1 Å². The van der Waals surface area contributed by atoms with Crippen LogP contribution in [0.3, 0.4) is 0 Å². The summed E-state index contributed by atoms with van der Waals surface area (Å²) in [6.07, 6.45) is 4.92. The lowest BCUT2D eigenvalue weighted by Crippen LogP contribution is -2.15. The molecule has 0 amide bonds. The standard InChI is InChI=1S/C16H24ClNO/c1-3-12(4-2)11-19-16-8-5-13(9-15(16)17)10-18-14-6-7-14/h5,8-9,12,14,18H,3-4,6-7,10-11H2,1-2H3. The topological polar surface area (TPSA) is 21.3 Å². The van der Waals surface area contributed by atoms with Gasteiger partial charge in [0.2, 0.25) is 0 Å². The minimum atomic E-state index is 0.618. The van der Waals surface area contributed by atoms with Crippen molar-refractivity contribution in [1.82, 2.24) is 5.32 Å². The summed E-state index contributed by atoms with van der Waals surface area (Å²) in [6.45, 7) is 6.06. The third-order valence-electron chi connectivity index (χ3n) is 3.80. The first-order valence-electron chi connectivity index (χ1n) is 7.37. The van der Waals surface area contributed by atoms with E-state index in [4.69, 9.17) is 16.3 Å². The highest BCUT2D eigenvalue weighted by molar-refractivity contribution is 6.32. The molecule has 1 fully saturated rings. The van der Waals surface area contributed by atoms with E-state index >= 15 is 0 Å². The predicted octanol–water partition coefficient (Wildman–Crippen LogP) is 4.41. The molecular formula is C16H24ClNO. The summed E-state index contributed by atoms with van der Waals surface area (Å²) in [5, 5.41) is 4.21. The van der Waals surface area contributed by atoms with E-state index in [2.05, 4.69) is 25.2 Å². The molecule has 0 atom stereocenters. The first-order chi connectivity index (χ1) is 9.22. The third-order valence-corrected chi connectivity index (χ3v) is 4.09. The van der Waals surface area contributed by atoms with Gasteiger partial charge in [0, 0.05) is 12.6 Å². The van der Waals surface area contributed by atoms with E-state index in [9.17, 15) is 0 Å². The first kappa shape index (κ1) is 14.7. The van der Waals surface area contributed by atoms with Gasteiger partial charge in [0.1, 0.15) is 5.75 Å². The number of hydrogen-bond donors (Lipinski definition) is 1. The molecule has 106 valence electrons. The molecule has 0 saturated heterocycles. The molecule has 1 aromatic carbocycles. The van der Waals surface area contributed by atoms with Gasteiger partial charge in [-0.15, -0.1) is 0 Å². The molecule has 0 aliphatic heterocycles. The molecule has 1 saturated carbocycles. The Morgan fingerprint density at radius 3 is 2.63 bits per heavy atom. The van der Waals surface area contributed by atoms with Gasteiger partial charge in [0.25, 0.3) is 0 Å². The highest BCUT2D eigenvalue weighted by Crippen LogP contribution is 2.27. The van der Waals surface area contributed by atoms with Crippen molar-refractivity contribution in [1.29, 1.82) is 0 Å². The maximum atomic E-state index is 6.28. The van der Waals surface area contributed by atoms with Crippen molar-refractivity contribution in [3.8, 4) is 5.75 Å². The Balaban J connectivity index is 1.86. The van der Waals surface area contributed by atoms with Crippen molar-refractivity contribution in [2.24, 2.45) is 5.92 Å². The summed E-state index contributed by atoms with van der Waals surface area (Å²) in [4.78, 5) is 0. The fourth-order valence-corrected chi connectivity index (χ4v) is 2.31. The summed E-state index contributed by atoms with van der Waals surface area (Å²) in [5.74, 6) is 1.43. The predicted molar refractivity (Wildman–Crippen MR) is 80.9 cm³/mol. The van der Waals surface area contributed by atoms with E-state index in [-0.39, 0.29) is 0 Å². The SMILES string of the molecule is CCC(CC)COc1ccc(CNC2CC2)cc1Cl. The second-order valence-electron chi connectivity index (χ2n) is 5.41. The molecule has 2 rings (SSSR count). The van der Waals surface area contributed by atoms with E-state index in [1.54, 1.807) is 0 Å². The largest absolute Gasteiger partial charge is 0.492 e. The van der Waals surface area contributed by atoms with Gasteiger partial charge in [-0.1, -0.05) is 44.4 Å². The van der Waals surface area contributed by atoms with Crippen LogP contribution in [-0.2, 0) is 6.54 Å². The summed E-state index contributed by atoms with van der Waals surface area (Å²) in [7, 11) is 0. The van der Waals surface area contributed by atoms with Crippen LogP contribution < -0.4 is 10.1 Å². The second-order valence-corrected chi connectivity index (χ2v) is 5.82. The van der Waals surface area contributed by atoms with E-state index in [1.807, 2.05) is 12.1 Å². The summed E-state index contributed by atoms with van der Waals surface area (Å²) in [6, 6.07) is 6.83. The van der Waals surface area contributed by atoms with Gasteiger partial charge in [-0.2, -0.15) is 0 Å². The Morgan fingerprint density at radius 2 is 2.05 bits per heavy atom. The Labute approximate surface area is 121 Å². The number of nitrogens with one attached hydrogen (secondary N) is 1. The minimum absolute atomic E-state index is 0.618. The van der Waals surface area contributed by atoms with Gasteiger partial charge in [-0.05, 0) is 36.5 Å². The van der Waals surface area contributed by atoms with Gasteiger partial charge in [-0.3, -0.25) is 0 Å². The fourth-order valence-electron chi connectivity index (χ4n) is 2.05. The highest BCUT2D eigenvalue weighted by Gasteiger charge is 2.20. The van der Waals surface area contributed by atoms with Gasteiger partial charge in [0.15, 0.2) is 0 Å². The second kappa shape index (κ2) is 7.16. The maximum Gasteiger partial charge on any atom is 0.137 e. The van der Waals surface area contributed by atoms with Crippen molar-refractivity contribution in [3.05, 3.63) is 28.8 Å². The lowest BCUT2D eigenvalue weighted by Gasteiger charge is -2.15. The molecular weight excluding hydrogens is 258 g/mol. The van der Waals surface area contributed by atoms with E-state index in [0.717, 1.165) is 42.8 Å². The molecule has 0 bridgehead atoms. The Hall–Kier alpha value is -0.730. The molecule has 1 aliphatic carbocycles. The van der Waals surface area contributed by atoms with Crippen molar-refractivity contribution < 1.29 is 4.74 Å². The minimum Gasteiger partial charge on any atom is -0.492 e. The van der Waals surface area contributed by atoms with E-state index in [1.165, 1.54) is 18.4 Å². The molecule has 3 heteroatoms. The molecule has 0 heterocycles. The van der Waals surface area contributed by atoms with E-state index < -0.39 is 0 Å². The quantitative estimate of drug-likeness (QED) is 0.762. The number of benzene rings is 1. The van der Waals surface area contributed by atoms with Crippen LogP contribution in [0.25, 0.3) is 0 Å².